The molecule has 1 aromatic carbocycles. The number of amides is 2. The molecule has 5 heteroatoms. The van der Waals surface area contributed by atoms with Crippen molar-refractivity contribution in [2.24, 2.45) is 0 Å². The van der Waals surface area contributed by atoms with Gasteiger partial charge in [-0.15, -0.1) is 0 Å². The van der Waals surface area contributed by atoms with E-state index in [0.717, 1.165) is 24.8 Å². The maximum atomic E-state index is 12.0. The van der Waals surface area contributed by atoms with Crippen LogP contribution in [-0.4, -0.2) is 48.8 Å². The lowest BCUT2D eigenvalue weighted by Crippen LogP contribution is -2.43. The fourth-order valence-electron chi connectivity index (χ4n) is 3.31. The molecule has 1 aromatic rings. The molecule has 1 aliphatic carbocycles. The minimum Gasteiger partial charge on any atom is -0.387 e. The summed E-state index contributed by atoms with van der Waals surface area (Å²) in [5.74, 6) is 0. The van der Waals surface area contributed by atoms with Gasteiger partial charge in [0, 0.05) is 18.6 Å². The Morgan fingerprint density at radius 2 is 1.88 bits per heavy atom. The van der Waals surface area contributed by atoms with Crippen molar-refractivity contribution in [2.45, 2.75) is 63.6 Å². The van der Waals surface area contributed by atoms with Crippen LogP contribution >= 0.6 is 0 Å². The van der Waals surface area contributed by atoms with Crippen molar-refractivity contribution in [2.75, 3.05) is 20.6 Å². The molecule has 0 aliphatic heterocycles. The second-order valence-electron chi connectivity index (χ2n) is 8.37. The molecule has 140 valence electrons. The number of aliphatic hydroxyl groups excluding tert-OH is 1. The minimum absolute atomic E-state index is 0.0906. The second kappa shape index (κ2) is 8.19. The van der Waals surface area contributed by atoms with Crippen molar-refractivity contribution < 1.29 is 9.90 Å². The highest BCUT2D eigenvalue weighted by Gasteiger charge is 2.27. The van der Waals surface area contributed by atoms with Crippen molar-refractivity contribution in [1.29, 1.82) is 0 Å². The van der Waals surface area contributed by atoms with Crippen LogP contribution in [0.2, 0.25) is 0 Å². The highest BCUT2D eigenvalue weighted by Crippen LogP contribution is 2.24. The predicted octanol–water partition coefficient (Wildman–Crippen LogP) is 2.80. The molecule has 1 saturated carbocycles. The molecule has 0 bridgehead atoms. The van der Waals surface area contributed by atoms with Crippen LogP contribution in [-0.2, 0) is 5.41 Å². The summed E-state index contributed by atoms with van der Waals surface area (Å²) < 4.78 is 0. The summed E-state index contributed by atoms with van der Waals surface area (Å²) in [6.07, 6.45) is 2.41. The molecule has 1 aliphatic rings. The number of urea groups is 1. The zero-order chi connectivity index (χ0) is 18.6. The number of hydrogen-bond acceptors (Lipinski definition) is 3. The molecule has 1 fully saturated rings. The van der Waals surface area contributed by atoms with E-state index in [2.05, 4.69) is 50.4 Å². The van der Waals surface area contributed by atoms with Gasteiger partial charge in [-0.25, -0.2) is 4.79 Å². The van der Waals surface area contributed by atoms with Crippen LogP contribution in [0.15, 0.2) is 24.3 Å². The van der Waals surface area contributed by atoms with Crippen LogP contribution in [0.25, 0.3) is 0 Å². The summed E-state index contributed by atoms with van der Waals surface area (Å²) in [6, 6.07) is 8.51. The van der Waals surface area contributed by atoms with E-state index in [1.165, 1.54) is 5.56 Å². The molecule has 0 saturated heterocycles. The zero-order valence-corrected chi connectivity index (χ0v) is 16.2. The summed E-state index contributed by atoms with van der Waals surface area (Å²) in [5.41, 5.74) is 2.14. The fraction of sp³-hybridized carbons (Fsp3) is 0.650. The number of benzene rings is 1. The molecular weight excluding hydrogens is 314 g/mol. The smallest absolute Gasteiger partial charge is 0.315 e. The normalized spacial score (nSPS) is 22.0. The Hall–Kier alpha value is -1.59. The average molecular weight is 348 g/mol. The Morgan fingerprint density at radius 1 is 1.24 bits per heavy atom. The summed E-state index contributed by atoms with van der Waals surface area (Å²) in [4.78, 5) is 14.3. The lowest BCUT2D eigenvalue weighted by atomic mass is 9.86. The van der Waals surface area contributed by atoms with Gasteiger partial charge in [0.05, 0.1) is 6.10 Å². The third kappa shape index (κ3) is 5.72. The zero-order valence-electron chi connectivity index (χ0n) is 16.2. The Labute approximate surface area is 151 Å². The molecule has 0 aromatic heterocycles. The highest BCUT2D eigenvalue weighted by atomic mass is 16.3. The molecular formula is C20H33N3O2. The number of carbonyl (C=O) groups is 1. The van der Waals surface area contributed by atoms with Gasteiger partial charge < -0.3 is 20.6 Å². The van der Waals surface area contributed by atoms with Gasteiger partial charge in [0.1, 0.15) is 0 Å². The molecule has 2 rings (SSSR count). The van der Waals surface area contributed by atoms with E-state index in [1.807, 2.05) is 24.3 Å². The number of carbonyl (C=O) groups excluding carboxylic acids is 1. The monoisotopic (exact) mass is 347 g/mol. The van der Waals surface area contributed by atoms with Crippen molar-refractivity contribution in [3.05, 3.63) is 35.4 Å². The van der Waals surface area contributed by atoms with Gasteiger partial charge >= 0.3 is 6.03 Å². The Bertz CT molecular complexity index is 563. The van der Waals surface area contributed by atoms with Gasteiger partial charge in [-0.1, -0.05) is 45.0 Å². The maximum absolute atomic E-state index is 12.0. The molecule has 3 atom stereocenters. The summed E-state index contributed by atoms with van der Waals surface area (Å²) in [7, 11) is 4.16. The van der Waals surface area contributed by atoms with E-state index in [1.54, 1.807) is 0 Å². The van der Waals surface area contributed by atoms with E-state index in [9.17, 15) is 9.90 Å². The third-order valence-electron chi connectivity index (χ3n) is 5.09. The van der Waals surface area contributed by atoms with E-state index >= 15 is 0 Å². The van der Waals surface area contributed by atoms with Crippen molar-refractivity contribution >= 4 is 6.03 Å². The summed E-state index contributed by atoms with van der Waals surface area (Å²) in [5, 5.41) is 16.1. The average Bonchev–Trinajstić information content (AvgIpc) is 3.00. The number of aliphatic hydroxyl groups is 1. The van der Waals surface area contributed by atoms with Crippen molar-refractivity contribution in [3.8, 4) is 0 Å². The predicted molar refractivity (Wildman–Crippen MR) is 102 cm³/mol. The number of hydrogen-bond donors (Lipinski definition) is 3. The lowest BCUT2D eigenvalue weighted by Gasteiger charge is -2.21. The van der Waals surface area contributed by atoms with Gasteiger partial charge in [0.25, 0.3) is 0 Å². The largest absolute Gasteiger partial charge is 0.387 e. The standard InChI is InChI=1S/C20H33N3O2/c1-20(2,3)15-8-6-14(7-9-15)18(24)13-21-19(25)22-16-10-11-17(12-16)23(4)5/h6-9,16-18,24H,10-13H2,1-5H3,(H2,21,22,25). The first-order valence-corrected chi connectivity index (χ1v) is 9.16. The van der Waals surface area contributed by atoms with Crippen LogP contribution in [0.5, 0.6) is 0 Å². The number of rotatable bonds is 5. The maximum Gasteiger partial charge on any atom is 0.315 e. The molecule has 0 spiro atoms. The lowest BCUT2D eigenvalue weighted by molar-refractivity contribution is 0.172. The summed E-state index contributed by atoms with van der Waals surface area (Å²) in [6.45, 7) is 6.70. The first-order valence-electron chi connectivity index (χ1n) is 9.16. The van der Waals surface area contributed by atoms with E-state index in [4.69, 9.17) is 0 Å². The first-order chi connectivity index (χ1) is 11.7. The van der Waals surface area contributed by atoms with E-state index in [-0.39, 0.29) is 24.0 Å². The summed E-state index contributed by atoms with van der Waals surface area (Å²) >= 11 is 0. The molecule has 0 radical (unpaired) electrons. The van der Waals surface area contributed by atoms with Gasteiger partial charge in [0.2, 0.25) is 0 Å². The van der Waals surface area contributed by atoms with Crippen LogP contribution in [0, 0.1) is 0 Å². The van der Waals surface area contributed by atoms with Gasteiger partial charge in [0.15, 0.2) is 0 Å². The molecule has 3 unspecified atom stereocenters. The SMILES string of the molecule is CN(C)C1CCC(NC(=O)NCC(O)c2ccc(C(C)(C)C)cc2)C1. The van der Waals surface area contributed by atoms with Crippen LogP contribution in [0.3, 0.4) is 0 Å². The Kier molecular flexibility index (Phi) is 6.47. The van der Waals surface area contributed by atoms with Crippen LogP contribution < -0.4 is 10.6 Å². The van der Waals surface area contributed by atoms with Gasteiger partial charge in [-0.05, 0) is 49.9 Å². The minimum atomic E-state index is -0.696. The molecule has 0 heterocycles. The molecule has 25 heavy (non-hydrogen) atoms. The Morgan fingerprint density at radius 3 is 2.40 bits per heavy atom. The molecule has 5 nitrogen and oxygen atoms in total. The quantitative estimate of drug-likeness (QED) is 0.767. The van der Waals surface area contributed by atoms with Crippen LogP contribution in [0.4, 0.5) is 4.79 Å². The van der Waals surface area contributed by atoms with Crippen molar-refractivity contribution in [3.63, 3.8) is 0 Å². The first kappa shape index (κ1) is 19.7. The number of nitrogens with one attached hydrogen (secondary N) is 2. The van der Waals surface area contributed by atoms with E-state index in [0.29, 0.717) is 6.04 Å². The van der Waals surface area contributed by atoms with Gasteiger partial charge in [-0.3, -0.25) is 0 Å². The number of nitrogens with zero attached hydrogens (tertiary/aromatic N) is 1. The molecule has 3 N–H and O–H groups in total. The molecule has 2 amide bonds. The van der Waals surface area contributed by atoms with Crippen molar-refractivity contribution in [1.82, 2.24) is 15.5 Å². The van der Waals surface area contributed by atoms with E-state index < -0.39 is 6.10 Å². The third-order valence-corrected chi connectivity index (χ3v) is 5.09. The van der Waals surface area contributed by atoms with Crippen LogP contribution in [0.1, 0.15) is 57.3 Å². The highest BCUT2D eigenvalue weighted by molar-refractivity contribution is 5.74. The topological polar surface area (TPSA) is 64.6 Å². The fourth-order valence-corrected chi connectivity index (χ4v) is 3.31. The Balaban J connectivity index is 1.78. The van der Waals surface area contributed by atoms with Gasteiger partial charge in [-0.2, -0.15) is 0 Å². The second-order valence-corrected chi connectivity index (χ2v) is 8.37.